The van der Waals surface area contributed by atoms with Gasteiger partial charge in [-0.3, -0.25) is 14.4 Å². The monoisotopic (exact) mass is 657 g/mol. The van der Waals surface area contributed by atoms with E-state index in [2.05, 4.69) is 40.1 Å². The van der Waals surface area contributed by atoms with Crippen molar-refractivity contribution in [2.24, 2.45) is 17.6 Å². The number of thiol groups is 1. The van der Waals surface area contributed by atoms with E-state index in [1.54, 1.807) is 6.92 Å². The number of aliphatic hydroxyl groups excluding tert-OH is 1. The zero-order chi connectivity index (χ0) is 34.2. The fourth-order valence-electron chi connectivity index (χ4n) is 7.31. The number of allylic oxidation sites excluding steroid dienone is 1. The summed E-state index contributed by atoms with van der Waals surface area (Å²) in [6, 6.07) is -1.86. The van der Waals surface area contributed by atoms with Gasteiger partial charge in [0.1, 0.15) is 5.60 Å². The maximum absolute atomic E-state index is 12.6. The highest BCUT2D eigenvalue weighted by Crippen LogP contribution is 2.39. The molecule has 1 fully saturated rings. The molecule has 10 N–H and O–H groups in total. The summed E-state index contributed by atoms with van der Waals surface area (Å²) in [5.74, 6) is -2.52. The summed E-state index contributed by atoms with van der Waals surface area (Å²) in [5, 5.41) is 50.0. The van der Waals surface area contributed by atoms with Gasteiger partial charge in [-0.15, -0.1) is 0 Å². The van der Waals surface area contributed by atoms with Crippen LogP contribution < -0.4 is 21.7 Å². The fourth-order valence-corrected chi connectivity index (χ4v) is 7.75. The quantitative estimate of drug-likeness (QED) is 0.140. The fraction of sp³-hybridized carbons (Fsp3) is 0.545. The number of aliphatic carboxylic acids is 2. The Morgan fingerprint density at radius 3 is 2.33 bits per heavy atom. The number of aromatic nitrogens is 1. The topological polar surface area (TPSA) is 210 Å². The predicted molar refractivity (Wildman–Crippen MR) is 178 cm³/mol. The lowest BCUT2D eigenvalue weighted by molar-refractivity contribution is -0.138. The van der Waals surface area contributed by atoms with Crippen molar-refractivity contribution in [3.8, 4) is 0 Å². The third kappa shape index (κ3) is 6.72. The molecule has 8 atom stereocenters. The molecule has 0 bridgehead atoms. The zero-order valence-electron chi connectivity index (χ0n) is 27.0. The Morgan fingerprint density at radius 1 is 1.13 bits per heavy atom. The normalized spacial score (nSPS) is 30.0. The van der Waals surface area contributed by atoms with Gasteiger partial charge in [0.25, 0.3) is 0 Å². The minimum Gasteiger partial charge on any atom is -0.495 e. The number of carbonyl (C=O) groups excluding carboxylic acids is 1. The highest BCUT2D eigenvalue weighted by atomic mass is 32.1. The first kappa shape index (κ1) is 35.2. The lowest BCUT2D eigenvalue weighted by Crippen LogP contribution is -2.46. The molecule has 1 aromatic rings. The SMILES string of the molecule is C=CC1=C(O)N[C@H](CC2N/C(=C\c3[nH]c([C@@H](N)C4NC(=O)[C@H](C)[C@H]4C(C)S)c(C)c3CCC(=O)O)C(CCC(=O)O)=C2C)[C@@]1(C)O. The third-order valence-electron chi connectivity index (χ3n) is 10.0. The van der Waals surface area contributed by atoms with E-state index in [-0.39, 0.29) is 66.6 Å². The van der Waals surface area contributed by atoms with E-state index in [0.29, 0.717) is 29.1 Å². The molecule has 1 saturated heterocycles. The summed E-state index contributed by atoms with van der Waals surface area (Å²) >= 11 is 4.64. The van der Waals surface area contributed by atoms with Crippen LogP contribution in [0, 0.1) is 18.8 Å². The van der Waals surface area contributed by atoms with Gasteiger partial charge in [-0.2, -0.15) is 12.6 Å². The van der Waals surface area contributed by atoms with Crippen molar-refractivity contribution in [2.45, 2.75) is 102 Å². The number of aliphatic hydroxyl groups is 2. The van der Waals surface area contributed by atoms with Crippen LogP contribution in [0.3, 0.4) is 0 Å². The second kappa shape index (κ2) is 13.6. The van der Waals surface area contributed by atoms with Gasteiger partial charge in [0.05, 0.1) is 18.1 Å². The summed E-state index contributed by atoms with van der Waals surface area (Å²) in [4.78, 5) is 39.3. The number of H-pyrrole nitrogens is 1. The Kier molecular flexibility index (Phi) is 10.4. The van der Waals surface area contributed by atoms with Crippen LogP contribution in [0.2, 0.25) is 0 Å². The van der Waals surface area contributed by atoms with E-state index in [9.17, 15) is 34.8 Å². The molecule has 3 aliphatic heterocycles. The van der Waals surface area contributed by atoms with Crippen LogP contribution in [-0.4, -0.2) is 72.2 Å². The smallest absolute Gasteiger partial charge is 0.303 e. The Balaban J connectivity index is 1.73. The summed E-state index contributed by atoms with van der Waals surface area (Å²) in [5.41, 5.74) is 11.0. The third-order valence-corrected chi connectivity index (χ3v) is 10.4. The van der Waals surface area contributed by atoms with Crippen molar-refractivity contribution in [1.29, 1.82) is 0 Å². The van der Waals surface area contributed by atoms with Crippen LogP contribution in [0.25, 0.3) is 6.08 Å². The van der Waals surface area contributed by atoms with Crippen LogP contribution in [0.5, 0.6) is 0 Å². The van der Waals surface area contributed by atoms with Crippen molar-refractivity contribution in [3.63, 3.8) is 0 Å². The van der Waals surface area contributed by atoms with Gasteiger partial charge in [-0.05, 0) is 68.4 Å². The van der Waals surface area contributed by atoms with E-state index in [1.165, 1.54) is 6.08 Å². The van der Waals surface area contributed by atoms with E-state index in [4.69, 9.17) is 5.73 Å². The summed E-state index contributed by atoms with van der Waals surface area (Å²) in [7, 11) is 0. The first-order valence-corrected chi connectivity index (χ1v) is 16.1. The number of nitrogens with one attached hydrogen (secondary N) is 4. The molecule has 3 unspecified atom stereocenters. The van der Waals surface area contributed by atoms with Gasteiger partial charge >= 0.3 is 11.9 Å². The molecule has 46 heavy (non-hydrogen) atoms. The second-order valence-corrected chi connectivity index (χ2v) is 13.8. The van der Waals surface area contributed by atoms with E-state index in [0.717, 1.165) is 22.3 Å². The largest absolute Gasteiger partial charge is 0.495 e. The first-order valence-electron chi connectivity index (χ1n) is 15.6. The molecule has 0 spiro atoms. The maximum Gasteiger partial charge on any atom is 0.303 e. The number of amides is 1. The zero-order valence-corrected chi connectivity index (χ0v) is 27.9. The van der Waals surface area contributed by atoms with Crippen molar-refractivity contribution in [1.82, 2.24) is 20.9 Å². The molecule has 252 valence electrons. The van der Waals surface area contributed by atoms with Crippen LogP contribution in [-0.2, 0) is 20.8 Å². The number of hydrogen-bond acceptors (Lipinski definition) is 9. The van der Waals surface area contributed by atoms with Crippen molar-refractivity contribution < 1.29 is 34.8 Å². The molecule has 1 aromatic heterocycles. The Hall–Kier alpha value is -3.68. The minimum atomic E-state index is -1.39. The molecular weight excluding hydrogens is 610 g/mol. The van der Waals surface area contributed by atoms with Crippen molar-refractivity contribution in [3.05, 3.63) is 63.5 Å². The number of nitrogens with two attached hydrogens (primary N) is 1. The lowest BCUT2D eigenvalue weighted by Gasteiger charge is -2.29. The van der Waals surface area contributed by atoms with E-state index in [1.807, 2.05) is 33.8 Å². The number of aromatic amines is 1. The predicted octanol–water partition coefficient (Wildman–Crippen LogP) is 2.97. The molecule has 0 aliphatic carbocycles. The van der Waals surface area contributed by atoms with Crippen molar-refractivity contribution in [2.75, 3.05) is 0 Å². The van der Waals surface area contributed by atoms with Gasteiger partial charge in [0, 0.05) is 58.6 Å². The van der Waals surface area contributed by atoms with Crippen LogP contribution in [0.15, 0.2) is 41.0 Å². The standard InChI is InChI=1S/C33H47N5O7S/c1-7-20-32(44)37-24(33(20,6)45)13-21-14(2)18(8-10-25(39)40)22(35-21)12-23-19(9-11-26(41)42)15(3)29(36-23)28(34)30-27(17(5)46)16(4)31(43)38-30/h7,12,16-17,21,24,27-28,30,35-37,44-46H,1,8-11,13,34H2,2-6H3,(H,38,43)(H,39,40)(H,41,42)/b22-12-/t16-,17?,21?,24-,27+,28-,30?,33+/m1/s1. The number of carboxylic acid groups (broad SMARTS) is 2. The summed E-state index contributed by atoms with van der Waals surface area (Å²) in [6.45, 7) is 12.9. The number of carboxylic acids is 2. The van der Waals surface area contributed by atoms with Gasteiger partial charge in [-0.25, -0.2) is 0 Å². The van der Waals surface area contributed by atoms with Gasteiger partial charge in [-0.1, -0.05) is 26.5 Å². The number of hydrogen-bond donors (Lipinski definition) is 10. The average Bonchev–Trinajstić information content (AvgIpc) is 3.61. The first-order chi connectivity index (χ1) is 21.5. The van der Waals surface area contributed by atoms with E-state index >= 15 is 0 Å². The van der Waals surface area contributed by atoms with Crippen LogP contribution >= 0.6 is 12.6 Å². The highest BCUT2D eigenvalue weighted by Gasteiger charge is 2.46. The summed E-state index contributed by atoms with van der Waals surface area (Å²) in [6.07, 6.45) is 3.90. The van der Waals surface area contributed by atoms with Crippen LogP contribution in [0.1, 0.15) is 81.9 Å². The molecule has 0 aromatic carbocycles. The molecular formula is C33H47N5O7S. The molecule has 1 amide bonds. The molecule has 4 heterocycles. The number of carbonyl (C=O) groups is 3. The molecule has 13 heteroatoms. The van der Waals surface area contributed by atoms with Gasteiger partial charge < -0.3 is 47.1 Å². The van der Waals surface area contributed by atoms with Crippen molar-refractivity contribution >= 4 is 36.6 Å². The molecule has 0 radical (unpaired) electrons. The summed E-state index contributed by atoms with van der Waals surface area (Å²) < 4.78 is 0. The molecule has 12 nitrogen and oxygen atoms in total. The highest BCUT2D eigenvalue weighted by molar-refractivity contribution is 7.80. The Morgan fingerprint density at radius 2 is 1.76 bits per heavy atom. The van der Waals surface area contributed by atoms with Gasteiger partial charge in [0.15, 0.2) is 5.88 Å². The molecule has 0 saturated carbocycles. The Labute approximate surface area is 274 Å². The second-order valence-electron chi connectivity index (χ2n) is 13.0. The molecule has 3 aliphatic rings. The lowest BCUT2D eigenvalue weighted by atomic mass is 9.84. The average molecular weight is 658 g/mol. The molecule has 4 rings (SSSR count). The minimum absolute atomic E-state index is 0.0895. The number of rotatable bonds is 13. The van der Waals surface area contributed by atoms with E-state index < -0.39 is 29.6 Å². The van der Waals surface area contributed by atoms with Gasteiger partial charge in [0.2, 0.25) is 5.91 Å². The Bertz CT molecular complexity index is 1510. The van der Waals surface area contributed by atoms with Crippen LogP contribution in [0.4, 0.5) is 0 Å². The maximum atomic E-state index is 12.6.